The predicted molar refractivity (Wildman–Crippen MR) is 99.3 cm³/mol. The molecule has 1 saturated heterocycles. The number of nitrogens with one attached hydrogen (secondary N) is 1. The van der Waals surface area contributed by atoms with E-state index in [1.54, 1.807) is 18.7 Å². The van der Waals surface area contributed by atoms with Crippen LogP contribution in [0.1, 0.15) is 11.5 Å². The second-order valence-corrected chi connectivity index (χ2v) is 6.15. The molecule has 1 N–H and O–H groups in total. The Balaban J connectivity index is 1.41. The fourth-order valence-corrected chi connectivity index (χ4v) is 2.94. The van der Waals surface area contributed by atoms with Gasteiger partial charge in [0.05, 0.1) is 12.8 Å². The van der Waals surface area contributed by atoms with E-state index >= 15 is 0 Å². The molecule has 3 aromatic rings. The molecule has 134 valence electrons. The second-order valence-electron chi connectivity index (χ2n) is 6.15. The molecule has 26 heavy (non-hydrogen) atoms. The van der Waals surface area contributed by atoms with Gasteiger partial charge in [0.15, 0.2) is 0 Å². The van der Waals surface area contributed by atoms with Crippen molar-refractivity contribution in [2.45, 2.75) is 13.5 Å². The van der Waals surface area contributed by atoms with Gasteiger partial charge in [0.1, 0.15) is 11.6 Å². The molecule has 4 rings (SSSR count). The molecule has 0 amide bonds. The van der Waals surface area contributed by atoms with E-state index in [1.165, 1.54) is 0 Å². The minimum atomic E-state index is 0.599. The topological polar surface area (TPSA) is 83.2 Å². The van der Waals surface area contributed by atoms with Gasteiger partial charge < -0.3 is 19.5 Å². The minimum Gasteiger partial charge on any atom is -0.467 e. The molecule has 0 bridgehead atoms. The average molecular weight is 351 g/mol. The number of nitrogens with zero attached hydrogens (tertiary/aromatic N) is 6. The highest BCUT2D eigenvalue weighted by molar-refractivity contribution is 5.45. The van der Waals surface area contributed by atoms with Crippen LogP contribution in [0.3, 0.4) is 0 Å². The maximum absolute atomic E-state index is 5.35. The van der Waals surface area contributed by atoms with Crippen LogP contribution in [-0.2, 0) is 6.54 Å². The lowest BCUT2D eigenvalue weighted by Crippen LogP contribution is -2.47. The third-order valence-corrected chi connectivity index (χ3v) is 4.26. The van der Waals surface area contributed by atoms with E-state index in [4.69, 9.17) is 4.42 Å². The van der Waals surface area contributed by atoms with E-state index in [2.05, 4.69) is 35.1 Å². The SMILES string of the molecule is Cc1cc(NCc2ccco2)nc(N2CCN(c3ncccn3)CC2)n1. The van der Waals surface area contributed by atoms with Gasteiger partial charge in [-0.2, -0.15) is 4.98 Å². The van der Waals surface area contributed by atoms with Gasteiger partial charge in [-0.1, -0.05) is 0 Å². The molecule has 1 fully saturated rings. The number of piperazine rings is 1. The largest absolute Gasteiger partial charge is 0.467 e. The highest BCUT2D eigenvalue weighted by atomic mass is 16.3. The first-order valence-corrected chi connectivity index (χ1v) is 8.67. The van der Waals surface area contributed by atoms with Crippen LogP contribution < -0.4 is 15.1 Å². The third-order valence-electron chi connectivity index (χ3n) is 4.26. The van der Waals surface area contributed by atoms with Crippen molar-refractivity contribution in [2.24, 2.45) is 0 Å². The first-order valence-electron chi connectivity index (χ1n) is 8.67. The molecular formula is C18H21N7O. The summed E-state index contributed by atoms with van der Waals surface area (Å²) in [4.78, 5) is 22.3. The van der Waals surface area contributed by atoms with Crippen molar-refractivity contribution in [2.75, 3.05) is 41.3 Å². The van der Waals surface area contributed by atoms with E-state index < -0.39 is 0 Å². The summed E-state index contributed by atoms with van der Waals surface area (Å²) in [5, 5.41) is 3.30. The maximum Gasteiger partial charge on any atom is 0.227 e. The van der Waals surface area contributed by atoms with Gasteiger partial charge in [-0.15, -0.1) is 0 Å². The molecule has 1 aliphatic rings. The lowest BCUT2D eigenvalue weighted by atomic mass is 10.3. The number of furan rings is 1. The highest BCUT2D eigenvalue weighted by Gasteiger charge is 2.21. The zero-order valence-corrected chi connectivity index (χ0v) is 14.7. The third kappa shape index (κ3) is 3.74. The summed E-state index contributed by atoms with van der Waals surface area (Å²) in [7, 11) is 0. The van der Waals surface area contributed by atoms with Crippen LogP contribution in [0.2, 0.25) is 0 Å². The Labute approximate surface area is 151 Å². The molecule has 3 aromatic heterocycles. The fourth-order valence-electron chi connectivity index (χ4n) is 2.94. The van der Waals surface area contributed by atoms with Crippen molar-refractivity contribution in [1.29, 1.82) is 0 Å². The molecule has 0 aliphatic carbocycles. The zero-order valence-electron chi connectivity index (χ0n) is 14.7. The summed E-state index contributed by atoms with van der Waals surface area (Å²) < 4.78 is 5.35. The lowest BCUT2D eigenvalue weighted by molar-refractivity contribution is 0.517. The van der Waals surface area contributed by atoms with Gasteiger partial charge in [0.2, 0.25) is 11.9 Å². The summed E-state index contributed by atoms with van der Waals surface area (Å²) in [6.07, 6.45) is 5.22. The summed E-state index contributed by atoms with van der Waals surface area (Å²) in [5.41, 5.74) is 0.936. The number of hydrogen-bond acceptors (Lipinski definition) is 8. The molecule has 0 aromatic carbocycles. The van der Waals surface area contributed by atoms with E-state index in [-0.39, 0.29) is 0 Å². The molecule has 0 spiro atoms. The fraction of sp³-hybridized carbons (Fsp3) is 0.333. The second kappa shape index (κ2) is 7.38. The molecule has 0 atom stereocenters. The van der Waals surface area contributed by atoms with Crippen molar-refractivity contribution >= 4 is 17.7 Å². The normalized spacial score (nSPS) is 14.5. The molecule has 0 saturated carbocycles. The average Bonchev–Trinajstić information content (AvgIpc) is 3.20. The summed E-state index contributed by atoms with van der Waals surface area (Å²) in [6, 6.07) is 7.59. The van der Waals surface area contributed by atoms with Crippen LogP contribution in [0.25, 0.3) is 0 Å². The monoisotopic (exact) mass is 351 g/mol. The minimum absolute atomic E-state index is 0.599. The zero-order chi connectivity index (χ0) is 17.8. The van der Waals surface area contributed by atoms with Gasteiger partial charge in [-0.05, 0) is 25.1 Å². The number of rotatable bonds is 5. The van der Waals surface area contributed by atoms with Crippen molar-refractivity contribution in [3.05, 3.63) is 54.4 Å². The van der Waals surface area contributed by atoms with Crippen LogP contribution in [-0.4, -0.2) is 46.1 Å². The first-order chi connectivity index (χ1) is 12.8. The smallest absolute Gasteiger partial charge is 0.227 e. The van der Waals surface area contributed by atoms with Gasteiger partial charge in [-0.25, -0.2) is 15.0 Å². The Morgan fingerprint density at radius 3 is 2.42 bits per heavy atom. The molecule has 4 heterocycles. The Kier molecular flexibility index (Phi) is 4.63. The Morgan fingerprint density at radius 1 is 1.00 bits per heavy atom. The molecule has 1 aliphatic heterocycles. The van der Waals surface area contributed by atoms with Crippen LogP contribution in [0.5, 0.6) is 0 Å². The van der Waals surface area contributed by atoms with E-state index in [9.17, 15) is 0 Å². The maximum atomic E-state index is 5.35. The van der Waals surface area contributed by atoms with Crippen molar-refractivity contribution < 1.29 is 4.42 Å². The van der Waals surface area contributed by atoms with Crippen LogP contribution in [0.15, 0.2) is 47.3 Å². The Hall–Kier alpha value is -3.16. The summed E-state index contributed by atoms with van der Waals surface area (Å²) >= 11 is 0. The highest BCUT2D eigenvalue weighted by Crippen LogP contribution is 2.18. The molecule has 0 radical (unpaired) electrons. The van der Waals surface area contributed by atoms with Crippen LogP contribution in [0.4, 0.5) is 17.7 Å². The number of anilines is 3. The number of aromatic nitrogens is 4. The molecule has 8 nitrogen and oxygen atoms in total. The van der Waals surface area contributed by atoms with Gasteiger partial charge in [0, 0.05) is 50.3 Å². The lowest BCUT2D eigenvalue weighted by Gasteiger charge is -2.34. The van der Waals surface area contributed by atoms with E-state index in [0.29, 0.717) is 6.54 Å². The van der Waals surface area contributed by atoms with E-state index in [1.807, 2.05) is 31.2 Å². The Bertz CT molecular complexity index is 830. The Morgan fingerprint density at radius 2 is 1.73 bits per heavy atom. The standard InChI is InChI=1S/C18H21N7O/c1-14-12-16(21-13-15-4-2-11-26-15)23-18(22-14)25-9-7-24(8-10-25)17-19-5-3-6-20-17/h2-6,11-12H,7-10,13H2,1H3,(H,21,22,23). The van der Waals surface area contributed by atoms with Gasteiger partial charge in [0.25, 0.3) is 0 Å². The van der Waals surface area contributed by atoms with Gasteiger partial charge in [-0.3, -0.25) is 0 Å². The van der Waals surface area contributed by atoms with Crippen molar-refractivity contribution in [1.82, 2.24) is 19.9 Å². The number of aryl methyl sites for hydroxylation is 1. The predicted octanol–water partition coefficient (Wildman–Crippen LogP) is 2.11. The molecule has 0 unspecified atom stereocenters. The van der Waals surface area contributed by atoms with Crippen molar-refractivity contribution in [3.8, 4) is 0 Å². The van der Waals surface area contributed by atoms with E-state index in [0.717, 1.165) is 55.3 Å². The first kappa shape index (κ1) is 16.3. The summed E-state index contributed by atoms with van der Waals surface area (Å²) in [5.74, 6) is 3.20. The number of hydrogen-bond donors (Lipinski definition) is 1. The summed E-state index contributed by atoms with van der Waals surface area (Å²) in [6.45, 7) is 5.94. The molecule has 8 heteroatoms. The molecular weight excluding hydrogens is 330 g/mol. The van der Waals surface area contributed by atoms with Crippen LogP contribution >= 0.6 is 0 Å². The van der Waals surface area contributed by atoms with Gasteiger partial charge >= 0.3 is 0 Å². The quantitative estimate of drug-likeness (QED) is 0.748. The van der Waals surface area contributed by atoms with Crippen molar-refractivity contribution in [3.63, 3.8) is 0 Å². The van der Waals surface area contributed by atoms with Crippen LogP contribution in [0, 0.1) is 6.92 Å².